The summed E-state index contributed by atoms with van der Waals surface area (Å²) in [5.74, 6) is 0.405. The number of hydrogen-bond acceptors (Lipinski definition) is 3. The average molecular weight is 332 g/mol. The van der Waals surface area contributed by atoms with Crippen LogP contribution < -0.4 is 0 Å². The Labute approximate surface area is 145 Å². The number of aliphatic imine (C=N–C) groups is 2. The molecule has 2 aromatic carbocycles. The van der Waals surface area contributed by atoms with Crippen LogP contribution in [-0.4, -0.2) is 28.4 Å². The Morgan fingerprint density at radius 2 is 1.80 bits per heavy atom. The summed E-state index contributed by atoms with van der Waals surface area (Å²) in [6.07, 6.45) is 2.71. The molecule has 4 nitrogen and oxygen atoms in total. The van der Waals surface area contributed by atoms with Crippen LogP contribution in [0.25, 0.3) is 11.3 Å². The fraction of sp³-hybridized carbons (Fsp3) is 0.150. The summed E-state index contributed by atoms with van der Waals surface area (Å²) in [7, 11) is 0. The first kappa shape index (κ1) is 15.4. The van der Waals surface area contributed by atoms with E-state index in [0.29, 0.717) is 23.6 Å². The summed E-state index contributed by atoms with van der Waals surface area (Å²) in [6.45, 7) is 1.08. The van der Waals surface area contributed by atoms with E-state index in [-0.39, 0.29) is 5.82 Å². The van der Waals surface area contributed by atoms with E-state index in [4.69, 9.17) is 0 Å². The summed E-state index contributed by atoms with van der Waals surface area (Å²) in [4.78, 5) is 8.79. The highest BCUT2D eigenvalue weighted by atomic mass is 19.1. The summed E-state index contributed by atoms with van der Waals surface area (Å²) in [5, 5.41) is 4.65. The Morgan fingerprint density at radius 3 is 2.56 bits per heavy atom. The van der Waals surface area contributed by atoms with Crippen LogP contribution in [0.2, 0.25) is 0 Å². The second-order valence-electron chi connectivity index (χ2n) is 5.84. The van der Waals surface area contributed by atoms with Crippen molar-refractivity contribution in [1.82, 2.24) is 9.78 Å². The van der Waals surface area contributed by atoms with Gasteiger partial charge in [0.1, 0.15) is 11.5 Å². The molecule has 1 aliphatic rings. The molecule has 0 bridgehead atoms. The van der Waals surface area contributed by atoms with Gasteiger partial charge in [0.2, 0.25) is 0 Å². The molecule has 0 unspecified atom stereocenters. The van der Waals surface area contributed by atoms with Crippen LogP contribution in [0.5, 0.6) is 0 Å². The van der Waals surface area contributed by atoms with Gasteiger partial charge in [0.25, 0.3) is 0 Å². The van der Waals surface area contributed by atoms with Crippen LogP contribution in [0.1, 0.15) is 17.7 Å². The van der Waals surface area contributed by atoms with Gasteiger partial charge in [-0.15, -0.1) is 0 Å². The van der Waals surface area contributed by atoms with Crippen molar-refractivity contribution < 1.29 is 4.39 Å². The van der Waals surface area contributed by atoms with Gasteiger partial charge >= 0.3 is 0 Å². The first-order chi connectivity index (χ1) is 12.3. The molecule has 124 valence electrons. The van der Waals surface area contributed by atoms with Crippen molar-refractivity contribution in [3.05, 3.63) is 77.7 Å². The Bertz CT molecular complexity index is 941. The largest absolute Gasteiger partial charge is 0.264 e. The minimum Gasteiger partial charge on any atom is -0.264 e. The molecule has 3 aromatic rings. The summed E-state index contributed by atoms with van der Waals surface area (Å²) >= 11 is 0. The van der Waals surface area contributed by atoms with Crippen molar-refractivity contribution in [2.24, 2.45) is 9.98 Å². The lowest BCUT2D eigenvalue weighted by Gasteiger charge is -2.08. The molecule has 25 heavy (non-hydrogen) atoms. The summed E-state index contributed by atoms with van der Waals surface area (Å²) < 4.78 is 15.9. The third-order valence-electron chi connectivity index (χ3n) is 4.09. The molecular formula is C20H17FN4. The predicted octanol–water partition coefficient (Wildman–Crippen LogP) is 3.96. The molecule has 1 aromatic heterocycles. The number of amidine groups is 1. The van der Waals surface area contributed by atoms with Crippen LogP contribution >= 0.6 is 0 Å². The number of rotatable bonds is 4. The normalized spacial score (nSPS) is 13.7. The van der Waals surface area contributed by atoms with Gasteiger partial charge in [0.05, 0.1) is 12.2 Å². The lowest BCUT2D eigenvalue weighted by molar-refractivity contribution is 0.586. The highest BCUT2D eigenvalue weighted by molar-refractivity contribution is 6.03. The molecule has 0 fully saturated rings. The molecule has 0 spiro atoms. The number of aromatic nitrogens is 2. The minimum absolute atomic E-state index is 0.230. The Morgan fingerprint density at radius 1 is 1.00 bits per heavy atom. The Balaban J connectivity index is 1.78. The molecule has 0 radical (unpaired) electrons. The Hall–Kier alpha value is -3.08. The fourth-order valence-electron chi connectivity index (χ4n) is 2.84. The SMILES string of the molecule is Fc1ccccc1Cn1nc(C2=NCCC=N2)cc1-c1ccccc1. The quantitative estimate of drug-likeness (QED) is 0.713. The lowest BCUT2D eigenvalue weighted by Crippen LogP contribution is -2.09. The molecule has 0 amide bonds. The molecule has 4 rings (SSSR count). The van der Waals surface area contributed by atoms with E-state index >= 15 is 0 Å². The predicted molar refractivity (Wildman–Crippen MR) is 97.7 cm³/mol. The monoisotopic (exact) mass is 332 g/mol. The zero-order valence-electron chi connectivity index (χ0n) is 13.6. The zero-order valence-corrected chi connectivity index (χ0v) is 13.6. The number of benzene rings is 2. The fourth-order valence-corrected chi connectivity index (χ4v) is 2.84. The van der Waals surface area contributed by atoms with Crippen LogP contribution in [0.4, 0.5) is 4.39 Å². The smallest absolute Gasteiger partial charge is 0.175 e. The summed E-state index contributed by atoms with van der Waals surface area (Å²) in [6, 6.07) is 18.7. The van der Waals surface area contributed by atoms with Gasteiger partial charge in [0.15, 0.2) is 5.84 Å². The van der Waals surface area contributed by atoms with Crippen molar-refractivity contribution in [1.29, 1.82) is 0 Å². The first-order valence-corrected chi connectivity index (χ1v) is 8.25. The average Bonchev–Trinajstić information content (AvgIpc) is 3.09. The highest BCUT2D eigenvalue weighted by Crippen LogP contribution is 2.23. The maximum Gasteiger partial charge on any atom is 0.175 e. The molecular weight excluding hydrogens is 315 g/mol. The first-order valence-electron chi connectivity index (χ1n) is 8.25. The van der Waals surface area contributed by atoms with Gasteiger partial charge in [-0.3, -0.25) is 9.67 Å². The third kappa shape index (κ3) is 3.26. The van der Waals surface area contributed by atoms with Gasteiger partial charge < -0.3 is 0 Å². The third-order valence-corrected chi connectivity index (χ3v) is 4.09. The number of nitrogens with zero attached hydrogens (tertiary/aromatic N) is 4. The van der Waals surface area contributed by atoms with Gasteiger partial charge in [-0.05, 0) is 17.7 Å². The van der Waals surface area contributed by atoms with E-state index in [1.54, 1.807) is 12.1 Å². The van der Waals surface area contributed by atoms with Crippen LogP contribution in [-0.2, 0) is 6.54 Å². The molecule has 0 N–H and O–H groups in total. The van der Waals surface area contributed by atoms with Gasteiger partial charge in [0, 0.05) is 24.7 Å². The second kappa shape index (κ2) is 6.81. The van der Waals surface area contributed by atoms with Crippen molar-refractivity contribution in [2.75, 3.05) is 6.54 Å². The van der Waals surface area contributed by atoms with E-state index < -0.39 is 0 Å². The topological polar surface area (TPSA) is 42.5 Å². The number of halogens is 1. The van der Waals surface area contributed by atoms with Crippen molar-refractivity contribution in [3.8, 4) is 11.3 Å². The maximum atomic E-state index is 14.1. The molecule has 2 heterocycles. The van der Waals surface area contributed by atoms with E-state index in [0.717, 1.165) is 24.2 Å². The summed E-state index contributed by atoms with van der Waals surface area (Å²) in [5.41, 5.74) is 3.26. The molecule has 0 saturated heterocycles. The molecule has 5 heteroatoms. The van der Waals surface area contributed by atoms with Crippen molar-refractivity contribution >= 4 is 12.1 Å². The molecule has 0 saturated carbocycles. The van der Waals surface area contributed by atoms with Gasteiger partial charge in [-0.25, -0.2) is 9.38 Å². The second-order valence-corrected chi connectivity index (χ2v) is 5.84. The lowest BCUT2D eigenvalue weighted by atomic mass is 10.1. The van der Waals surface area contributed by atoms with Crippen molar-refractivity contribution in [2.45, 2.75) is 13.0 Å². The van der Waals surface area contributed by atoms with Crippen molar-refractivity contribution in [3.63, 3.8) is 0 Å². The maximum absolute atomic E-state index is 14.1. The van der Waals surface area contributed by atoms with Crippen LogP contribution in [0.15, 0.2) is 70.6 Å². The van der Waals surface area contributed by atoms with Gasteiger partial charge in [-0.1, -0.05) is 48.5 Å². The minimum atomic E-state index is -0.230. The molecule has 1 aliphatic heterocycles. The highest BCUT2D eigenvalue weighted by Gasteiger charge is 2.15. The van der Waals surface area contributed by atoms with Crippen LogP contribution in [0, 0.1) is 5.82 Å². The molecule has 0 aliphatic carbocycles. The number of hydrogen-bond donors (Lipinski definition) is 0. The zero-order chi connectivity index (χ0) is 17.1. The Kier molecular flexibility index (Phi) is 4.21. The standard InChI is InChI=1S/C20H17FN4/c21-17-10-5-4-9-16(17)14-25-19(15-7-2-1-3-8-15)13-18(24-25)20-22-11-6-12-23-20/h1-5,7-11,13H,6,12,14H2. The van der Waals surface area contributed by atoms with Crippen LogP contribution in [0.3, 0.4) is 0 Å². The van der Waals surface area contributed by atoms with E-state index in [1.165, 1.54) is 6.07 Å². The van der Waals surface area contributed by atoms with E-state index in [1.807, 2.05) is 53.4 Å². The molecule has 0 atom stereocenters. The van der Waals surface area contributed by atoms with E-state index in [9.17, 15) is 4.39 Å². The van der Waals surface area contributed by atoms with E-state index in [2.05, 4.69) is 15.1 Å². The van der Waals surface area contributed by atoms with Gasteiger partial charge in [-0.2, -0.15) is 5.10 Å².